The lowest BCUT2D eigenvalue weighted by atomic mass is 9.94. The van der Waals surface area contributed by atoms with Crippen molar-refractivity contribution in [3.63, 3.8) is 0 Å². The zero-order valence-corrected chi connectivity index (χ0v) is 15.7. The highest BCUT2D eigenvalue weighted by Gasteiger charge is 2.29. The summed E-state index contributed by atoms with van der Waals surface area (Å²) in [6.45, 7) is 4.63. The number of ether oxygens (including phenoxy) is 1. The predicted molar refractivity (Wildman–Crippen MR) is 102 cm³/mol. The third kappa shape index (κ3) is 3.51. The van der Waals surface area contributed by atoms with Gasteiger partial charge in [-0.3, -0.25) is 9.78 Å². The number of hydrogen-bond donors (Lipinski definition) is 0. The molecule has 0 aliphatic carbocycles. The van der Waals surface area contributed by atoms with Crippen LogP contribution in [-0.4, -0.2) is 55.2 Å². The highest BCUT2D eigenvalue weighted by atomic mass is 79.9. The standard InChI is InChI=1S/C19H22BrN3O2/c20-15-1-2-17-16(13-15)18(3-6-21-17)22-7-4-14(5-8-22)19(24)23-9-11-25-12-10-23/h1-3,6,13-14H,4-5,7-12H2. The number of pyridine rings is 1. The van der Waals surface area contributed by atoms with Gasteiger partial charge in [0.1, 0.15) is 0 Å². The number of amides is 1. The molecule has 2 aliphatic rings. The molecule has 6 heteroatoms. The van der Waals surface area contributed by atoms with E-state index < -0.39 is 0 Å². The molecule has 1 aromatic carbocycles. The molecule has 2 fully saturated rings. The minimum absolute atomic E-state index is 0.147. The van der Waals surface area contributed by atoms with Crippen molar-refractivity contribution in [3.8, 4) is 0 Å². The van der Waals surface area contributed by atoms with Gasteiger partial charge in [-0.05, 0) is 37.1 Å². The Morgan fingerprint density at radius 3 is 2.64 bits per heavy atom. The fourth-order valence-electron chi connectivity index (χ4n) is 3.79. The number of hydrogen-bond acceptors (Lipinski definition) is 4. The smallest absolute Gasteiger partial charge is 0.225 e. The molecule has 0 unspecified atom stereocenters. The van der Waals surface area contributed by atoms with Crippen LogP contribution >= 0.6 is 15.9 Å². The second-order valence-corrected chi connectivity index (χ2v) is 7.61. The van der Waals surface area contributed by atoms with Crippen LogP contribution in [0.25, 0.3) is 10.9 Å². The monoisotopic (exact) mass is 403 g/mol. The van der Waals surface area contributed by atoms with Gasteiger partial charge >= 0.3 is 0 Å². The van der Waals surface area contributed by atoms with Crippen molar-refractivity contribution in [1.82, 2.24) is 9.88 Å². The number of nitrogens with zero attached hydrogens (tertiary/aromatic N) is 3. The summed E-state index contributed by atoms with van der Waals surface area (Å²) in [5.41, 5.74) is 2.22. The lowest BCUT2D eigenvalue weighted by Gasteiger charge is -2.36. The number of piperidine rings is 1. The summed E-state index contributed by atoms with van der Waals surface area (Å²) >= 11 is 3.56. The Morgan fingerprint density at radius 2 is 1.88 bits per heavy atom. The molecule has 0 atom stereocenters. The molecule has 4 rings (SSSR count). The molecule has 1 amide bonds. The Labute approximate surface area is 156 Å². The highest BCUT2D eigenvalue weighted by molar-refractivity contribution is 9.10. The number of anilines is 1. The molecule has 0 bridgehead atoms. The maximum atomic E-state index is 12.7. The topological polar surface area (TPSA) is 45.7 Å². The number of fused-ring (bicyclic) bond motifs is 1. The van der Waals surface area contributed by atoms with Crippen LogP contribution in [0.1, 0.15) is 12.8 Å². The van der Waals surface area contributed by atoms with E-state index in [-0.39, 0.29) is 5.92 Å². The van der Waals surface area contributed by atoms with Gasteiger partial charge in [0, 0.05) is 53.8 Å². The van der Waals surface area contributed by atoms with Crippen LogP contribution in [0.5, 0.6) is 0 Å². The molecule has 2 aromatic rings. The summed E-state index contributed by atoms with van der Waals surface area (Å²) in [5, 5.41) is 1.16. The molecule has 0 saturated carbocycles. The minimum Gasteiger partial charge on any atom is -0.378 e. The van der Waals surface area contributed by atoms with E-state index >= 15 is 0 Å². The highest BCUT2D eigenvalue weighted by Crippen LogP contribution is 2.31. The van der Waals surface area contributed by atoms with Crippen molar-refractivity contribution >= 4 is 38.4 Å². The van der Waals surface area contributed by atoms with Crippen molar-refractivity contribution in [2.45, 2.75) is 12.8 Å². The molecule has 5 nitrogen and oxygen atoms in total. The van der Waals surface area contributed by atoms with Crippen molar-refractivity contribution < 1.29 is 9.53 Å². The Morgan fingerprint density at radius 1 is 1.12 bits per heavy atom. The van der Waals surface area contributed by atoms with E-state index in [1.54, 1.807) is 0 Å². The van der Waals surface area contributed by atoms with Gasteiger partial charge in [0.2, 0.25) is 5.91 Å². The van der Waals surface area contributed by atoms with E-state index in [1.807, 2.05) is 23.2 Å². The number of morpholine rings is 1. The summed E-state index contributed by atoms with van der Waals surface area (Å²) in [4.78, 5) is 21.5. The first-order chi connectivity index (χ1) is 12.2. The Bertz CT molecular complexity index is 768. The molecule has 1 aromatic heterocycles. The van der Waals surface area contributed by atoms with Crippen LogP contribution < -0.4 is 4.90 Å². The molecular formula is C19H22BrN3O2. The molecule has 132 valence electrons. The van der Waals surface area contributed by atoms with E-state index in [9.17, 15) is 4.79 Å². The number of halogens is 1. The van der Waals surface area contributed by atoms with E-state index in [1.165, 1.54) is 5.69 Å². The van der Waals surface area contributed by atoms with Crippen LogP contribution in [0.15, 0.2) is 34.9 Å². The largest absolute Gasteiger partial charge is 0.378 e. The van der Waals surface area contributed by atoms with Crippen molar-refractivity contribution in [1.29, 1.82) is 0 Å². The first-order valence-corrected chi connectivity index (χ1v) is 9.67. The van der Waals surface area contributed by atoms with Crippen LogP contribution in [-0.2, 0) is 9.53 Å². The zero-order chi connectivity index (χ0) is 17.2. The maximum Gasteiger partial charge on any atom is 0.225 e. The van der Waals surface area contributed by atoms with Gasteiger partial charge < -0.3 is 14.5 Å². The van der Waals surface area contributed by atoms with Gasteiger partial charge in [0.15, 0.2) is 0 Å². The zero-order valence-electron chi connectivity index (χ0n) is 14.2. The number of carbonyl (C=O) groups is 1. The Balaban J connectivity index is 1.47. The van der Waals surface area contributed by atoms with Crippen molar-refractivity contribution in [3.05, 3.63) is 34.9 Å². The summed E-state index contributed by atoms with van der Waals surface area (Å²) in [6, 6.07) is 8.27. The fourth-order valence-corrected chi connectivity index (χ4v) is 4.15. The Kier molecular flexibility index (Phi) is 4.90. The van der Waals surface area contributed by atoms with E-state index in [2.05, 4.69) is 37.9 Å². The molecule has 0 N–H and O–H groups in total. The summed E-state index contributed by atoms with van der Waals surface area (Å²) in [6.07, 6.45) is 3.69. The predicted octanol–water partition coefficient (Wildman–Crippen LogP) is 3.07. The van der Waals surface area contributed by atoms with E-state index in [0.717, 1.165) is 54.4 Å². The molecule has 2 aliphatic heterocycles. The average Bonchev–Trinajstić information content (AvgIpc) is 2.68. The van der Waals surface area contributed by atoms with E-state index in [0.29, 0.717) is 19.1 Å². The molecular weight excluding hydrogens is 382 g/mol. The van der Waals surface area contributed by atoms with Gasteiger partial charge in [0.25, 0.3) is 0 Å². The summed E-state index contributed by atoms with van der Waals surface area (Å²) < 4.78 is 6.41. The summed E-state index contributed by atoms with van der Waals surface area (Å²) in [5.74, 6) is 0.458. The van der Waals surface area contributed by atoms with Gasteiger partial charge in [-0.25, -0.2) is 0 Å². The molecule has 0 spiro atoms. The number of aromatic nitrogens is 1. The minimum atomic E-state index is 0.147. The number of rotatable bonds is 2. The van der Waals surface area contributed by atoms with Crippen LogP contribution in [0.4, 0.5) is 5.69 Å². The molecule has 2 saturated heterocycles. The second-order valence-electron chi connectivity index (χ2n) is 6.69. The molecule has 0 radical (unpaired) electrons. The lowest BCUT2D eigenvalue weighted by Crippen LogP contribution is -2.46. The maximum absolute atomic E-state index is 12.7. The quantitative estimate of drug-likeness (QED) is 0.772. The van der Waals surface area contributed by atoms with Crippen LogP contribution in [0, 0.1) is 5.92 Å². The van der Waals surface area contributed by atoms with Gasteiger partial charge in [-0.1, -0.05) is 15.9 Å². The fraction of sp³-hybridized carbons (Fsp3) is 0.474. The van der Waals surface area contributed by atoms with Crippen molar-refractivity contribution in [2.75, 3.05) is 44.3 Å². The Hall–Kier alpha value is -1.66. The van der Waals surface area contributed by atoms with Gasteiger partial charge in [0.05, 0.1) is 18.7 Å². The SMILES string of the molecule is O=C(C1CCN(c2ccnc3ccc(Br)cc23)CC1)N1CCOCC1. The number of benzene rings is 1. The number of carbonyl (C=O) groups excluding carboxylic acids is 1. The molecule has 25 heavy (non-hydrogen) atoms. The second kappa shape index (κ2) is 7.30. The van der Waals surface area contributed by atoms with Gasteiger partial charge in [-0.2, -0.15) is 0 Å². The van der Waals surface area contributed by atoms with E-state index in [4.69, 9.17) is 4.74 Å². The molecule has 3 heterocycles. The average molecular weight is 404 g/mol. The van der Waals surface area contributed by atoms with Crippen LogP contribution in [0.2, 0.25) is 0 Å². The normalized spacial score (nSPS) is 19.4. The third-order valence-corrected chi connectivity index (χ3v) is 5.68. The van der Waals surface area contributed by atoms with Crippen LogP contribution in [0.3, 0.4) is 0 Å². The first kappa shape index (κ1) is 16.8. The summed E-state index contributed by atoms with van der Waals surface area (Å²) in [7, 11) is 0. The first-order valence-electron chi connectivity index (χ1n) is 8.88. The van der Waals surface area contributed by atoms with Crippen molar-refractivity contribution in [2.24, 2.45) is 5.92 Å². The lowest BCUT2D eigenvalue weighted by molar-refractivity contribution is -0.140. The third-order valence-electron chi connectivity index (χ3n) is 5.19. The van der Waals surface area contributed by atoms with Gasteiger partial charge in [-0.15, -0.1) is 0 Å².